The van der Waals surface area contributed by atoms with Crippen LogP contribution in [-0.4, -0.2) is 22.6 Å². The minimum atomic E-state index is -0.988. The molecule has 1 unspecified atom stereocenters. The van der Waals surface area contributed by atoms with Crippen molar-refractivity contribution in [3.8, 4) is 11.4 Å². The van der Waals surface area contributed by atoms with Gasteiger partial charge in [0.25, 0.3) is 0 Å². The highest BCUT2D eigenvalue weighted by Crippen LogP contribution is 2.32. The monoisotopic (exact) mass is 355 g/mol. The summed E-state index contributed by atoms with van der Waals surface area (Å²) in [6.45, 7) is 2.27. The molecule has 1 aliphatic rings. The van der Waals surface area contributed by atoms with Crippen LogP contribution in [0.5, 0.6) is 0 Å². The Morgan fingerprint density at radius 1 is 1.12 bits per heavy atom. The number of benzene rings is 2. The molecule has 1 aromatic heterocycles. The van der Waals surface area contributed by atoms with Gasteiger partial charge in [0.2, 0.25) is 17.6 Å². The summed E-state index contributed by atoms with van der Waals surface area (Å²) in [6.07, 6.45) is 0.175. The van der Waals surface area contributed by atoms with Gasteiger partial charge in [0.15, 0.2) is 11.6 Å². The summed E-state index contributed by atoms with van der Waals surface area (Å²) in [6, 6.07) is 11.1. The second kappa shape index (κ2) is 6.33. The van der Waals surface area contributed by atoms with E-state index in [1.165, 1.54) is 11.0 Å². The number of hydrogen-bond acceptors (Lipinski definition) is 4. The van der Waals surface area contributed by atoms with Crippen LogP contribution in [0.1, 0.15) is 23.8 Å². The SMILES string of the molecule is Cc1ccc(-c2noc(C3CC(=O)N(c4ccc(F)c(F)c4)C3)n2)cc1. The van der Waals surface area contributed by atoms with Gasteiger partial charge in [-0.25, -0.2) is 8.78 Å². The van der Waals surface area contributed by atoms with Crippen LogP contribution in [-0.2, 0) is 4.79 Å². The first kappa shape index (κ1) is 16.4. The van der Waals surface area contributed by atoms with Gasteiger partial charge in [-0.05, 0) is 19.1 Å². The van der Waals surface area contributed by atoms with Gasteiger partial charge in [-0.15, -0.1) is 0 Å². The lowest BCUT2D eigenvalue weighted by Gasteiger charge is -2.16. The number of carbonyl (C=O) groups is 1. The van der Waals surface area contributed by atoms with Crippen LogP contribution >= 0.6 is 0 Å². The maximum absolute atomic E-state index is 13.4. The molecule has 0 aliphatic carbocycles. The van der Waals surface area contributed by atoms with Crippen molar-refractivity contribution in [2.45, 2.75) is 19.3 Å². The molecule has 3 aromatic rings. The number of hydrogen-bond donors (Lipinski definition) is 0. The Kier molecular flexibility index (Phi) is 3.99. The molecule has 1 aliphatic heterocycles. The fourth-order valence-corrected chi connectivity index (χ4v) is 3.00. The van der Waals surface area contributed by atoms with E-state index in [2.05, 4.69) is 10.1 Å². The number of aromatic nitrogens is 2. The number of carbonyl (C=O) groups excluding carboxylic acids is 1. The van der Waals surface area contributed by atoms with Crippen LogP contribution in [0, 0.1) is 18.6 Å². The average molecular weight is 355 g/mol. The molecule has 0 N–H and O–H groups in total. The lowest BCUT2D eigenvalue weighted by Crippen LogP contribution is -2.24. The van der Waals surface area contributed by atoms with Crippen LogP contribution in [0.25, 0.3) is 11.4 Å². The van der Waals surface area contributed by atoms with Crippen LogP contribution in [0.15, 0.2) is 47.0 Å². The largest absolute Gasteiger partial charge is 0.339 e. The Morgan fingerprint density at radius 2 is 1.88 bits per heavy atom. The molecule has 5 nitrogen and oxygen atoms in total. The van der Waals surface area contributed by atoms with Crippen molar-refractivity contribution in [2.75, 3.05) is 11.4 Å². The van der Waals surface area contributed by atoms with Crippen LogP contribution < -0.4 is 4.90 Å². The molecule has 2 aromatic carbocycles. The Morgan fingerprint density at radius 3 is 2.62 bits per heavy atom. The molecular formula is C19H15F2N3O2. The zero-order valence-corrected chi connectivity index (χ0v) is 13.9. The average Bonchev–Trinajstić information content (AvgIpc) is 3.25. The van der Waals surface area contributed by atoms with Gasteiger partial charge >= 0.3 is 0 Å². The predicted octanol–water partition coefficient (Wildman–Crippen LogP) is 3.84. The smallest absolute Gasteiger partial charge is 0.232 e. The molecule has 1 fully saturated rings. The summed E-state index contributed by atoms with van der Waals surface area (Å²) in [5.41, 5.74) is 2.27. The number of aryl methyl sites for hydroxylation is 1. The lowest BCUT2D eigenvalue weighted by atomic mass is 10.1. The first-order chi connectivity index (χ1) is 12.5. The molecule has 26 heavy (non-hydrogen) atoms. The fraction of sp³-hybridized carbons (Fsp3) is 0.211. The molecule has 0 spiro atoms. The van der Waals surface area contributed by atoms with Gasteiger partial charge in [0, 0.05) is 30.3 Å². The summed E-state index contributed by atoms with van der Waals surface area (Å²) in [5, 5.41) is 3.98. The van der Waals surface area contributed by atoms with Gasteiger partial charge in [-0.1, -0.05) is 35.0 Å². The van der Waals surface area contributed by atoms with Crippen molar-refractivity contribution < 1.29 is 18.1 Å². The lowest BCUT2D eigenvalue weighted by molar-refractivity contribution is -0.117. The van der Waals surface area contributed by atoms with Crippen LogP contribution in [0.2, 0.25) is 0 Å². The van der Waals surface area contributed by atoms with Gasteiger partial charge in [-0.2, -0.15) is 4.98 Å². The van der Waals surface area contributed by atoms with Gasteiger partial charge in [-0.3, -0.25) is 4.79 Å². The normalized spacial score (nSPS) is 17.1. The third kappa shape index (κ3) is 2.96. The zero-order valence-electron chi connectivity index (χ0n) is 13.9. The maximum atomic E-state index is 13.4. The zero-order chi connectivity index (χ0) is 18.3. The van der Waals surface area contributed by atoms with Gasteiger partial charge in [0.05, 0.1) is 5.92 Å². The second-order valence-corrected chi connectivity index (χ2v) is 6.33. The highest BCUT2D eigenvalue weighted by atomic mass is 19.2. The summed E-state index contributed by atoms with van der Waals surface area (Å²) >= 11 is 0. The van der Waals surface area contributed by atoms with E-state index in [9.17, 15) is 13.6 Å². The molecule has 1 amide bonds. The summed E-state index contributed by atoms with van der Waals surface area (Å²) in [7, 11) is 0. The molecule has 0 bridgehead atoms. The van der Waals surface area contributed by atoms with E-state index in [1.54, 1.807) is 0 Å². The number of nitrogens with zero attached hydrogens (tertiary/aromatic N) is 3. The van der Waals surface area contributed by atoms with Crippen LogP contribution in [0.4, 0.5) is 14.5 Å². The van der Waals surface area contributed by atoms with Crippen molar-refractivity contribution in [1.29, 1.82) is 0 Å². The number of rotatable bonds is 3. The van der Waals surface area contributed by atoms with Crippen molar-refractivity contribution in [3.05, 3.63) is 65.6 Å². The minimum absolute atomic E-state index is 0.175. The van der Waals surface area contributed by atoms with Gasteiger partial charge in [0.1, 0.15) is 0 Å². The predicted molar refractivity (Wildman–Crippen MR) is 90.5 cm³/mol. The third-order valence-electron chi connectivity index (χ3n) is 4.44. The molecule has 7 heteroatoms. The molecule has 0 radical (unpaired) electrons. The summed E-state index contributed by atoms with van der Waals surface area (Å²) in [5.74, 6) is -1.61. The van der Waals surface area contributed by atoms with E-state index in [-0.39, 0.29) is 24.8 Å². The number of halogens is 2. The van der Waals surface area contributed by atoms with E-state index in [4.69, 9.17) is 4.52 Å². The summed E-state index contributed by atoms with van der Waals surface area (Å²) in [4.78, 5) is 18.1. The highest BCUT2D eigenvalue weighted by Gasteiger charge is 2.35. The topological polar surface area (TPSA) is 59.2 Å². The first-order valence-corrected chi connectivity index (χ1v) is 8.17. The molecule has 132 valence electrons. The van der Waals surface area contributed by atoms with Crippen molar-refractivity contribution in [3.63, 3.8) is 0 Å². The Balaban J connectivity index is 1.55. The Bertz CT molecular complexity index is 969. The number of amides is 1. The molecule has 4 rings (SSSR count). The second-order valence-electron chi connectivity index (χ2n) is 6.33. The third-order valence-corrected chi connectivity index (χ3v) is 4.44. The van der Waals surface area contributed by atoms with Crippen molar-refractivity contribution in [1.82, 2.24) is 10.1 Å². The van der Waals surface area contributed by atoms with Crippen molar-refractivity contribution >= 4 is 11.6 Å². The molecule has 1 atom stereocenters. The molecule has 0 saturated carbocycles. The Hall–Kier alpha value is -3.09. The Labute approximate surface area is 148 Å². The summed E-state index contributed by atoms with van der Waals surface area (Å²) < 4.78 is 31.9. The van der Waals surface area contributed by atoms with E-state index in [0.717, 1.165) is 23.3 Å². The first-order valence-electron chi connectivity index (χ1n) is 8.17. The van der Waals surface area contributed by atoms with Crippen LogP contribution in [0.3, 0.4) is 0 Å². The van der Waals surface area contributed by atoms with E-state index in [0.29, 0.717) is 17.4 Å². The maximum Gasteiger partial charge on any atom is 0.232 e. The van der Waals surface area contributed by atoms with E-state index < -0.39 is 11.6 Å². The van der Waals surface area contributed by atoms with E-state index in [1.807, 2.05) is 31.2 Å². The molecule has 2 heterocycles. The van der Waals surface area contributed by atoms with E-state index >= 15 is 0 Å². The molecule has 1 saturated heterocycles. The fourth-order valence-electron chi connectivity index (χ4n) is 3.00. The minimum Gasteiger partial charge on any atom is -0.339 e. The standard InChI is InChI=1S/C19H15F2N3O2/c1-11-2-4-12(5-3-11)18-22-19(26-23-18)13-8-17(25)24(10-13)14-6-7-15(20)16(21)9-14/h2-7,9,13H,8,10H2,1H3. The quantitative estimate of drug-likeness (QED) is 0.716. The van der Waals surface area contributed by atoms with Gasteiger partial charge < -0.3 is 9.42 Å². The molecular weight excluding hydrogens is 340 g/mol. The number of anilines is 1. The van der Waals surface area contributed by atoms with Crippen molar-refractivity contribution in [2.24, 2.45) is 0 Å². The highest BCUT2D eigenvalue weighted by molar-refractivity contribution is 5.96.